The van der Waals surface area contributed by atoms with Gasteiger partial charge >= 0.3 is 6.18 Å². The zero-order valence-corrected chi connectivity index (χ0v) is 19.2. The molecule has 1 amide bonds. The van der Waals surface area contributed by atoms with E-state index in [4.69, 9.17) is 27.5 Å². The number of nitrogens with two attached hydrogens (primary N) is 1. The number of hydrogen-bond acceptors (Lipinski definition) is 8. The average Bonchev–Trinajstić information content (AvgIpc) is 2.83. The summed E-state index contributed by atoms with van der Waals surface area (Å²) < 4.78 is 61.3. The molecule has 0 unspecified atom stereocenters. The van der Waals surface area contributed by atoms with Crippen molar-refractivity contribution in [3.63, 3.8) is 0 Å². The van der Waals surface area contributed by atoms with Gasteiger partial charge in [0, 0.05) is 24.2 Å². The Balaban J connectivity index is 1.88. The number of ether oxygens (including phenoxy) is 1. The van der Waals surface area contributed by atoms with E-state index in [-0.39, 0.29) is 40.2 Å². The molecule has 2 aromatic heterocycles. The van der Waals surface area contributed by atoms with E-state index in [1.165, 1.54) is 12.3 Å². The molecule has 2 heterocycles. The third-order valence-electron chi connectivity index (χ3n) is 4.64. The molecule has 0 saturated carbocycles. The molecule has 0 aliphatic carbocycles. The van der Waals surface area contributed by atoms with Crippen LogP contribution in [0.4, 0.5) is 34.9 Å². The van der Waals surface area contributed by atoms with Crippen LogP contribution in [0.25, 0.3) is 0 Å². The fraction of sp³-hybridized carbons (Fsp3) is 0.136. The number of allylic oxidation sites excluding steroid dienone is 1. The lowest BCUT2D eigenvalue weighted by atomic mass is 10.1. The summed E-state index contributed by atoms with van der Waals surface area (Å²) in [4.78, 5) is 23.9. The Morgan fingerprint density at radius 2 is 1.97 bits per heavy atom. The van der Waals surface area contributed by atoms with Crippen molar-refractivity contribution in [2.24, 2.45) is 0 Å². The molecule has 3 aromatic rings. The molecule has 0 fully saturated rings. The van der Waals surface area contributed by atoms with Gasteiger partial charge in [0.2, 0.25) is 5.88 Å². The highest BCUT2D eigenvalue weighted by Crippen LogP contribution is 2.33. The predicted molar refractivity (Wildman–Crippen MR) is 126 cm³/mol. The van der Waals surface area contributed by atoms with Crippen LogP contribution < -0.4 is 21.1 Å². The van der Waals surface area contributed by atoms with E-state index in [1.54, 1.807) is 19.1 Å². The van der Waals surface area contributed by atoms with Crippen molar-refractivity contribution in [3.8, 4) is 11.6 Å². The van der Waals surface area contributed by atoms with Crippen LogP contribution in [-0.4, -0.2) is 33.3 Å². The Labute approximate surface area is 206 Å². The first-order chi connectivity index (χ1) is 17.0. The van der Waals surface area contributed by atoms with Crippen LogP contribution >= 0.6 is 11.6 Å². The number of nitrogen functional groups attached to an aromatic ring is 1. The fourth-order valence-electron chi connectivity index (χ4n) is 2.90. The third-order valence-corrected chi connectivity index (χ3v) is 4.99. The maximum atomic E-state index is 14.6. The molecule has 188 valence electrons. The lowest BCUT2D eigenvalue weighted by Gasteiger charge is -2.18. The molecular weight excluding hydrogens is 506 g/mol. The largest absolute Gasteiger partial charge is 0.434 e. The quantitative estimate of drug-likeness (QED) is 0.183. The standard InChI is InChI=1S/C22H18ClF4N7O2/c1-2-11-4-3-7-30-19(11)34-17(22(25,26)27)13(9-28)20(35)33-12-5-6-15(14(24)8-12)36-21-16(23)18(29)31-10-32-21/h3-10,28H,2H2,1H3,(H,30,34)(H,33,35)(H2,29,31,32)/b17-13+,28-9?. The summed E-state index contributed by atoms with van der Waals surface area (Å²) in [6.45, 7) is 1.72. The first-order valence-corrected chi connectivity index (χ1v) is 10.5. The van der Waals surface area contributed by atoms with Crippen LogP contribution in [0.3, 0.4) is 0 Å². The molecule has 0 aliphatic heterocycles. The average molecular weight is 524 g/mol. The zero-order chi connectivity index (χ0) is 26.5. The van der Waals surface area contributed by atoms with Crippen LogP contribution in [0.15, 0.2) is 54.1 Å². The van der Waals surface area contributed by atoms with Crippen molar-refractivity contribution in [3.05, 3.63) is 70.5 Å². The number of halogens is 5. The smallest absolute Gasteiger partial charge is 0.432 e. The molecule has 36 heavy (non-hydrogen) atoms. The van der Waals surface area contributed by atoms with Gasteiger partial charge in [-0.15, -0.1) is 0 Å². The van der Waals surface area contributed by atoms with Crippen LogP contribution in [0.1, 0.15) is 12.5 Å². The molecule has 5 N–H and O–H groups in total. The Morgan fingerprint density at radius 3 is 2.61 bits per heavy atom. The number of benzene rings is 1. The van der Waals surface area contributed by atoms with Gasteiger partial charge in [-0.05, 0) is 30.2 Å². The van der Waals surface area contributed by atoms with Crippen molar-refractivity contribution < 1.29 is 27.1 Å². The normalized spacial score (nSPS) is 11.9. The second kappa shape index (κ2) is 11.0. The minimum absolute atomic E-state index is 0.0947. The van der Waals surface area contributed by atoms with Crippen LogP contribution in [0, 0.1) is 11.2 Å². The Kier molecular flexibility index (Phi) is 8.04. The Morgan fingerprint density at radius 1 is 1.22 bits per heavy atom. The molecular formula is C22H18ClF4N7O2. The van der Waals surface area contributed by atoms with E-state index in [9.17, 15) is 22.4 Å². The molecule has 0 spiro atoms. The maximum absolute atomic E-state index is 14.6. The summed E-state index contributed by atoms with van der Waals surface area (Å²) in [6, 6.07) is 6.20. The number of hydrogen-bond donors (Lipinski definition) is 4. The van der Waals surface area contributed by atoms with Crippen molar-refractivity contribution >= 4 is 41.0 Å². The highest BCUT2D eigenvalue weighted by molar-refractivity contribution is 6.34. The highest BCUT2D eigenvalue weighted by Gasteiger charge is 2.38. The van der Waals surface area contributed by atoms with E-state index in [2.05, 4.69) is 25.6 Å². The minimum atomic E-state index is -5.03. The summed E-state index contributed by atoms with van der Waals surface area (Å²) in [7, 11) is 0. The van der Waals surface area contributed by atoms with Crippen molar-refractivity contribution in [1.29, 1.82) is 5.41 Å². The SMILES string of the molecule is CCc1cccnc1N/C(=C(\C=N)C(=O)Nc1ccc(Oc2ncnc(N)c2Cl)c(F)c1)C(F)(F)F. The molecule has 1 aromatic carbocycles. The van der Waals surface area contributed by atoms with E-state index in [0.717, 1.165) is 18.5 Å². The monoisotopic (exact) mass is 523 g/mol. The second-order valence-corrected chi connectivity index (χ2v) is 7.38. The number of nitrogens with zero attached hydrogens (tertiary/aromatic N) is 3. The molecule has 3 rings (SSSR count). The van der Waals surface area contributed by atoms with Crippen molar-refractivity contribution in [1.82, 2.24) is 15.0 Å². The third kappa shape index (κ3) is 6.05. The molecule has 0 bridgehead atoms. The zero-order valence-electron chi connectivity index (χ0n) is 18.5. The summed E-state index contributed by atoms with van der Waals surface area (Å²) >= 11 is 5.91. The molecule has 0 atom stereocenters. The Bertz CT molecular complexity index is 1330. The number of nitrogens with one attached hydrogen (secondary N) is 3. The predicted octanol–water partition coefficient (Wildman–Crippen LogP) is 5.12. The number of anilines is 3. The number of aryl methyl sites for hydroxylation is 1. The molecule has 14 heteroatoms. The van der Waals surface area contributed by atoms with Gasteiger partial charge < -0.3 is 26.5 Å². The van der Waals surface area contributed by atoms with Gasteiger partial charge in [-0.3, -0.25) is 4.79 Å². The number of pyridine rings is 1. The number of rotatable bonds is 8. The van der Waals surface area contributed by atoms with E-state index < -0.39 is 29.2 Å². The van der Waals surface area contributed by atoms with Gasteiger partial charge in [0.25, 0.3) is 5.91 Å². The molecule has 9 nitrogen and oxygen atoms in total. The van der Waals surface area contributed by atoms with Gasteiger partial charge in [0.15, 0.2) is 11.6 Å². The summed E-state index contributed by atoms with van der Waals surface area (Å²) in [6.07, 6.45) is -2.08. The number of alkyl halides is 3. The summed E-state index contributed by atoms with van der Waals surface area (Å²) in [5, 5.41) is 11.5. The molecule has 0 radical (unpaired) electrons. The van der Waals surface area contributed by atoms with E-state index in [1.807, 2.05) is 0 Å². The summed E-state index contributed by atoms with van der Waals surface area (Å²) in [5.74, 6) is -3.08. The van der Waals surface area contributed by atoms with Crippen LogP contribution in [-0.2, 0) is 11.2 Å². The van der Waals surface area contributed by atoms with Gasteiger partial charge in [0.05, 0.1) is 5.57 Å². The van der Waals surface area contributed by atoms with Crippen LogP contribution in [0.2, 0.25) is 5.02 Å². The topological polar surface area (TPSA) is 139 Å². The number of aromatic nitrogens is 3. The first kappa shape index (κ1) is 26.3. The molecule has 0 aliphatic rings. The van der Waals surface area contributed by atoms with Crippen molar-refractivity contribution in [2.45, 2.75) is 19.5 Å². The second-order valence-electron chi connectivity index (χ2n) is 7.00. The van der Waals surface area contributed by atoms with Gasteiger partial charge in [0.1, 0.15) is 28.7 Å². The number of amides is 1. The lowest BCUT2D eigenvalue weighted by molar-refractivity contribution is -0.114. The summed E-state index contributed by atoms with van der Waals surface area (Å²) in [5.41, 5.74) is 3.26. The lowest BCUT2D eigenvalue weighted by Crippen LogP contribution is -2.28. The number of carbonyl (C=O) groups excluding carboxylic acids is 1. The van der Waals surface area contributed by atoms with Gasteiger partial charge in [-0.1, -0.05) is 24.6 Å². The van der Waals surface area contributed by atoms with Gasteiger partial charge in [-0.25, -0.2) is 14.4 Å². The van der Waals surface area contributed by atoms with Crippen molar-refractivity contribution in [2.75, 3.05) is 16.4 Å². The molecule has 0 saturated heterocycles. The van der Waals surface area contributed by atoms with Crippen LogP contribution in [0.5, 0.6) is 11.6 Å². The first-order valence-electron chi connectivity index (χ1n) is 10.1. The fourth-order valence-corrected chi connectivity index (χ4v) is 3.03. The Hall–Kier alpha value is -4.26. The maximum Gasteiger partial charge on any atom is 0.432 e. The number of carbonyl (C=O) groups is 1. The highest BCUT2D eigenvalue weighted by atomic mass is 35.5. The minimum Gasteiger partial charge on any atom is -0.434 e. The van der Waals surface area contributed by atoms with E-state index in [0.29, 0.717) is 12.0 Å². The van der Waals surface area contributed by atoms with Gasteiger partial charge in [-0.2, -0.15) is 18.2 Å². The van der Waals surface area contributed by atoms with E-state index >= 15 is 0 Å².